The molecule has 28 heavy (non-hydrogen) atoms. The molecule has 0 radical (unpaired) electrons. The SMILES string of the molecule is COC(=O)c1c(C(OC(C)=O)(C(=O)OC)C(=O)OC)[nH]c2ccc(OC)cc12. The van der Waals surface area contributed by atoms with Crippen LogP contribution < -0.4 is 4.74 Å². The number of aromatic amines is 1. The van der Waals surface area contributed by atoms with Crippen molar-refractivity contribution in [3.63, 3.8) is 0 Å². The van der Waals surface area contributed by atoms with Crippen LogP contribution in [0.15, 0.2) is 18.2 Å². The summed E-state index contributed by atoms with van der Waals surface area (Å²) in [6, 6.07) is 4.64. The van der Waals surface area contributed by atoms with Crippen LogP contribution in [0, 0.1) is 0 Å². The van der Waals surface area contributed by atoms with Crippen LogP contribution in [-0.2, 0) is 38.9 Å². The van der Waals surface area contributed by atoms with Gasteiger partial charge in [0.1, 0.15) is 5.75 Å². The van der Waals surface area contributed by atoms with E-state index in [1.807, 2.05) is 0 Å². The Bertz CT molecular complexity index is 928. The molecule has 0 saturated carbocycles. The van der Waals surface area contributed by atoms with Crippen LogP contribution in [0.2, 0.25) is 0 Å². The molecule has 2 rings (SSSR count). The molecule has 10 heteroatoms. The van der Waals surface area contributed by atoms with E-state index in [9.17, 15) is 19.2 Å². The Morgan fingerprint density at radius 3 is 2.00 bits per heavy atom. The standard InChI is InChI=1S/C18H19NO9/c1-9(20)28-18(16(22)26-4,17(23)27-5)14-13(15(21)25-3)11-8-10(24-2)6-7-12(11)19-14/h6-8,19H,1-5H3. The van der Waals surface area contributed by atoms with Crippen molar-refractivity contribution in [1.29, 1.82) is 0 Å². The minimum atomic E-state index is -2.70. The number of benzene rings is 1. The number of esters is 4. The third kappa shape index (κ3) is 3.24. The molecule has 0 saturated heterocycles. The normalized spacial score (nSPS) is 10.9. The van der Waals surface area contributed by atoms with Gasteiger partial charge in [0.15, 0.2) is 0 Å². The van der Waals surface area contributed by atoms with Crippen molar-refractivity contribution in [3.05, 3.63) is 29.5 Å². The zero-order valence-corrected chi connectivity index (χ0v) is 15.9. The second kappa shape index (κ2) is 7.99. The van der Waals surface area contributed by atoms with Crippen LogP contribution in [0.5, 0.6) is 5.75 Å². The first-order valence-corrected chi connectivity index (χ1v) is 7.91. The number of hydrogen-bond donors (Lipinski definition) is 1. The van der Waals surface area contributed by atoms with E-state index in [0.29, 0.717) is 11.3 Å². The summed E-state index contributed by atoms with van der Waals surface area (Å²) in [7, 11) is 4.54. The summed E-state index contributed by atoms with van der Waals surface area (Å²) >= 11 is 0. The average molecular weight is 393 g/mol. The van der Waals surface area contributed by atoms with Crippen molar-refractivity contribution < 1.29 is 42.9 Å². The minimum Gasteiger partial charge on any atom is -0.497 e. The Balaban J connectivity index is 2.99. The molecule has 1 aromatic carbocycles. The van der Waals surface area contributed by atoms with Gasteiger partial charge in [0.25, 0.3) is 0 Å². The van der Waals surface area contributed by atoms with Gasteiger partial charge in [-0.05, 0) is 18.2 Å². The van der Waals surface area contributed by atoms with Crippen molar-refractivity contribution >= 4 is 34.8 Å². The number of aromatic nitrogens is 1. The number of ether oxygens (including phenoxy) is 5. The summed E-state index contributed by atoms with van der Waals surface area (Å²) in [6.07, 6.45) is 0. The highest BCUT2D eigenvalue weighted by Gasteiger charge is 2.57. The monoisotopic (exact) mass is 393 g/mol. The number of H-pyrrole nitrogens is 1. The van der Waals surface area contributed by atoms with Crippen LogP contribution in [-0.4, -0.2) is 57.3 Å². The quantitative estimate of drug-likeness (QED) is 0.435. The molecule has 2 aromatic rings. The third-order valence-electron chi connectivity index (χ3n) is 3.99. The Labute approximate surface area is 159 Å². The van der Waals surface area contributed by atoms with E-state index in [0.717, 1.165) is 28.3 Å². The summed E-state index contributed by atoms with van der Waals surface area (Å²) in [4.78, 5) is 52.3. The summed E-state index contributed by atoms with van der Waals surface area (Å²) in [5.41, 5.74) is -2.93. The van der Waals surface area contributed by atoms with Crippen LogP contribution in [0.4, 0.5) is 0 Å². The predicted molar refractivity (Wildman–Crippen MR) is 93.7 cm³/mol. The van der Waals surface area contributed by atoms with E-state index in [1.165, 1.54) is 13.2 Å². The summed E-state index contributed by atoms with van der Waals surface area (Å²) in [5, 5.41) is 0.269. The lowest BCUT2D eigenvalue weighted by Gasteiger charge is -2.27. The molecule has 1 aromatic heterocycles. The van der Waals surface area contributed by atoms with E-state index >= 15 is 0 Å². The number of carbonyl (C=O) groups excluding carboxylic acids is 4. The number of hydrogen-bond acceptors (Lipinski definition) is 9. The van der Waals surface area contributed by atoms with E-state index in [4.69, 9.17) is 14.2 Å². The Kier molecular flexibility index (Phi) is 5.92. The summed E-state index contributed by atoms with van der Waals surface area (Å²) in [6.45, 7) is 0.990. The third-order valence-corrected chi connectivity index (χ3v) is 3.99. The first-order chi connectivity index (χ1) is 13.3. The average Bonchev–Trinajstić information content (AvgIpc) is 3.08. The summed E-state index contributed by atoms with van der Waals surface area (Å²) < 4.78 is 24.4. The fraction of sp³-hybridized carbons (Fsp3) is 0.333. The molecule has 0 fully saturated rings. The molecular weight excluding hydrogens is 374 g/mol. The van der Waals surface area contributed by atoms with E-state index < -0.39 is 29.5 Å². The van der Waals surface area contributed by atoms with Gasteiger partial charge < -0.3 is 28.7 Å². The molecule has 0 aliphatic rings. The first-order valence-electron chi connectivity index (χ1n) is 7.91. The van der Waals surface area contributed by atoms with Gasteiger partial charge in [-0.1, -0.05) is 0 Å². The summed E-state index contributed by atoms with van der Waals surface area (Å²) in [5.74, 6) is -4.00. The smallest absolute Gasteiger partial charge is 0.368 e. The lowest BCUT2D eigenvalue weighted by Crippen LogP contribution is -2.50. The van der Waals surface area contributed by atoms with Crippen molar-refractivity contribution in [2.75, 3.05) is 28.4 Å². The lowest BCUT2D eigenvalue weighted by molar-refractivity contribution is -0.195. The molecule has 0 bridgehead atoms. The van der Waals surface area contributed by atoms with Gasteiger partial charge in [0.05, 0.1) is 39.7 Å². The molecule has 1 N–H and O–H groups in total. The number of carbonyl (C=O) groups is 4. The van der Waals surface area contributed by atoms with Crippen LogP contribution in [0.25, 0.3) is 10.9 Å². The maximum atomic E-state index is 12.6. The first kappa shape index (κ1) is 20.7. The van der Waals surface area contributed by atoms with Gasteiger partial charge >= 0.3 is 29.5 Å². The highest BCUT2D eigenvalue weighted by atomic mass is 16.6. The molecule has 0 spiro atoms. The molecule has 0 amide bonds. The van der Waals surface area contributed by atoms with Gasteiger partial charge in [-0.2, -0.15) is 0 Å². The molecule has 0 unspecified atom stereocenters. The predicted octanol–water partition coefficient (Wildman–Crippen LogP) is 1.07. The van der Waals surface area contributed by atoms with Gasteiger partial charge in [-0.25, -0.2) is 14.4 Å². The van der Waals surface area contributed by atoms with Gasteiger partial charge in [0.2, 0.25) is 0 Å². The topological polar surface area (TPSA) is 130 Å². The lowest BCUT2D eigenvalue weighted by atomic mass is 9.94. The highest BCUT2D eigenvalue weighted by Crippen LogP contribution is 2.37. The zero-order valence-electron chi connectivity index (χ0n) is 15.9. The number of methoxy groups -OCH3 is 4. The fourth-order valence-corrected chi connectivity index (χ4v) is 2.80. The highest BCUT2D eigenvalue weighted by molar-refractivity contribution is 6.13. The molecular formula is C18H19NO9. The zero-order chi connectivity index (χ0) is 21.1. The number of nitrogens with one attached hydrogen (secondary N) is 1. The molecule has 1 heterocycles. The molecule has 0 aliphatic carbocycles. The maximum absolute atomic E-state index is 12.6. The molecule has 10 nitrogen and oxygen atoms in total. The fourth-order valence-electron chi connectivity index (χ4n) is 2.80. The van der Waals surface area contributed by atoms with Crippen LogP contribution in [0.3, 0.4) is 0 Å². The van der Waals surface area contributed by atoms with Crippen molar-refractivity contribution in [1.82, 2.24) is 4.98 Å². The van der Waals surface area contributed by atoms with Gasteiger partial charge in [-0.15, -0.1) is 0 Å². The minimum absolute atomic E-state index is 0.214. The molecule has 0 aliphatic heterocycles. The van der Waals surface area contributed by atoms with E-state index in [2.05, 4.69) is 14.5 Å². The largest absolute Gasteiger partial charge is 0.497 e. The Morgan fingerprint density at radius 2 is 1.54 bits per heavy atom. The Morgan fingerprint density at radius 1 is 0.929 bits per heavy atom. The maximum Gasteiger partial charge on any atom is 0.368 e. The molecule has 0 atom stereocenters. The van der Waals surface area contributed by atoms with Crippen LogP contribution in [0.1, 0.15) is 23.0 Å². The van der Waals surface area contributed by atoms with Gasteiger partial charge in [0, 0.05) is 17.8 Å². The second-order valence-corrected chi connectivity index (χ2v) is 5.54. The number of fused-ring (bicyclic) bond motifs is 1. The van der Waals surface area contributed by atoms with Crippen molar-refractivity contribution in [2.45, 2.75) is 12.5 Å². The van der Waals surface area contributed by atoms with E-state index in [-0.39, 0.29) is 16.6 Å². The van der Waals surface area contributed by atoms with E-state index in [1.54, 1.807) is 12.1 Å². The second-order valence-electron chi connectivity index (χ2n) is 5.54. The van der Waals surface area contributed by atoms with Gasteiger partial charge in [-0.3, -0.25) is 4.79 Å². The van der Waals surface area contributed by atoms with Crippen molar-refractivity contribution in [3.8, 4) is 5.75 Å². The van der Waals surface area contributed by atoms with Crippen LogP contribution >= 0.6 is 0 Å². The van der Waals surface area contributed by atoms with Crippen molar-refractivity contribution in [2.24, 2.45) is 0 Å². The Hall–Kier alpha value is -3.56. The molecule has 150 valence electrons. The number of rotatable bonds is 6.